The number of benzene rings is 3. The summed E-state index contributed by atoms with van der Waals surface area (Å²) in [5, 5.41) is 3.46. The molecule has 40 heavy (non-hydrogen) atoms. The SMILES string of the molecule is CCNC(=O)[C@H](CC)N(Cc1c(Cl)cccc1Cl)C(=O)CN(c1cccc(C)c1C)S(=O)(=O)c1ccc(C)cc1. The van der Waals surface area contributed by atoms with Crippen LogP contribution in [-0.4, -0.2) is 44.3 Å². The maximum Gasteiger partial charge on any atom is 0.264 e. The van der Waals surface area contributed by atoms with Gasteiger partial charge in [0.1, 0.15) is 12.6 Å². The molecule has 1 atom stereocenters. The van der Waals surface area contributed by atoms with Crippen LogP contribution in [-0.2, 0) is 26.2 Å². The van der Waals surface area contributed by atoms with E-state index in [0.29, 0.717) is 34.3 Å². The number of hydrogen-bond donors (Lipinski definition) is 1. The average molecular weight is 605 g/mol. The third-order valence-electron chi connectivity index (χ3n) is 6.86. The normalized spacial score (nSPS) is 12.1. The second kappa shape index (κ2) is 13.5. The summed E-state index contributed by atoms with van der Waals surface area (Å²) in [6.07, 6.45) is 0.299. The number of likely N-dealkylation sites (N-methyl/N-ethyl adjacent to an activating group) is 1. The molecule has 0 radical (unpaired) electrons. The van der Waals surface area contributed by atoms with E-state index < -0.39 is 28.5 Å². The molecular weight excluding hydrogens is 569 g/mol. The second-order valence-corrected chi connectivity index (χ2v) is 12.3. The highest BCUT2D eigenvalue weighted by Gasteiger charge is 2.34. The van der Waals surface area contributed by atoms with Gasteiger partial charge in [-0.1, -0.05) is 66.0 Å². The lowest BCUT2D eigenvalue weighted by Crippen LogP contribution is -2.52. The van der Waals surface area contributed by atoms with Gasteiger partial charge in [-0.05, 0) is 75.6 Å². The van der Waals surface area contributed by atoms with Gasteiger partial charge in [-0.25, -0.2) is 8.42 Å². The van der Waals surface area contributed by atoms with Crippen molar-refractivity contribution in [2.24, 2.45) is 0 Å². The molecule has 0 aromatic heterocycles. The van der Waals surface area contributed by atoms with Gasteiger partial charge >= 0.3 is 0 Å². The monoisotopic (exact) mass is 603 g/mol. The van der Waals surface area contributed by atoms with Crippen LogP contribution in [0.1, 0.15) is 42.5 Å². The Labute approximate surface area is 247 Å². The Kier molecular flexibility index (Phi) is 10.6. The fourth-order valence-corrected chi connectivity index (χ4v) is 6.41. The molecule has 0 bridgehead atoms. The zero-order valence-electron chi connectivity index (χ0n) is 23.4. The van der Waals surface area contributed by atoms with Crippen molar-refractivity contribution >= 4 is 50.7 Å². The van der Waals surface area contributed by atoms with Crippen LogP contribution in [0.4, 0.5) is 5.69 Å². The lowest BCUT2D eigenvalue weighted by atomic mass is 10.1. The molecule has 3 aromatic carbocycles. The lowest BCUT2D eigenvalue weighted by molar-refractivity contribution is -0.140. The van der Waals surface area contributed by atoms with E-state index >= 15 is 0 Å². The second-order valence-electron chi connectivity index (χ2n) is 9.58. The minimum Gasteiger partial charge on any atom is -0.355 e. The molecule has 0 saturated carbocycles. The molecule has 3 aromatic rings. The quantitative estimate of drug-likeness (QED) is 0.289. The topological polar surface area (TPSA) is 86.8 Å². The fraction of sp³-hybridized carbons (Fsp3) is 0.333. The van der Waals surface area contributed by atoms with Gasteiger partial charge in [0.2, 0.25) is 11.8 Å². The number of sulfonamides is 1. The lowest BCUT2D eigenvalue weighted by Gasteiger charge is -2.34. The molecule has 0 unspecified atom stereocenters. The van der Waals surface area contributed by atoms with Gasteiger partial charge in [0, 0.05) is 28.7 Å². The number of hydrogen-bond acceptors (Lipinski definition) is 4. The van der Waals surface area contributed by atoms with E-state index in [1.54, 1.807) is 56.3 Å². The summed E-state index contributed by atoms with van der Waals surface area (Å²) in [5.74, 6) is -0.910. The number of nitrogens with one attached hydrogen (secondary N) is 1. The summed E-state index contributed by atoms with van der Waals surface area (Å²) in [6.45, 7) is 8.92. The van der Waals surface area contributed by atoms with Crippen molar-refractivity contribution < 1.29 is 18.0 Å². The molecule has 0 saturated heterocycles. The summed E-state index contributed by atoms with van der Waals surface area (Å²) in [4.78, 5) is 28.6. The summed E-state index contributed by atoms with van der Waals surface area (Å²) in [5.41, 5.74) is 3.37. The molecule has 10 heteroatoms. The van der Waals surface area contributed by atoms with Crippen molar-refractivity contribution in [1.29, 1.82) is 0 Å². The van der Waals surface area contributed by atoms with Crippen LogP contribution in [0, 0.1) is 20.8 Å². The number of halogens is 2. The highest BCUT2D eigenvalue weighted by atomic mass is 35.5. The first-order valence-corrected chi connectivity index (χ1v) is 15.3. The smallest absolute Gasteiger partial charge is 0.264 e. The minimum atomic E-state index is -4.16. The molecular formula is C30H35Cl2N3O4S. The van der Waals surface area contributed by atoms with Crippen molar-refractivity contribution in [1.82, 2.24) is 10.2 Å². The van der Waals surface area contributed by atoms with Crippen LogP contribution in [0.15, 0.2) is 65.6 Å². The number of amides is 2. The van der Waals surface area contributed by atoms with Crippen LogP contribution in [0.3, 0.4) is 0 Å². The van der Waals surface area contributed by atoms with Crippen molar-refractivity contribution in [3.05, 3.63) is 93.0 Å². The van der Waals surface area contributed by atoms with Gasteiger partial charge in [0.25, 0.3) is 10.0 Å². The number of carbonyl (C=O) groups is 2. The number of aryl methyl sites for hydroxylation is 2. The van der Waals surface area contributed by atoms with Gasteiger partial charge in [-0.3, -0.25) is 13.9 Å². The Balaban J connectivity index is 2.14. The highest BCUT2D eigenvalue weighted by Crippen LogP contribution is 2.31. The zero-order valence-corrected chi connectivity index (χ0v) is 25.7. The molecule has 3 rings (SSSR count). The van der Waals surface area contributed by atoms with E-state index in [1.165, 1.54) is 17.0 Å². The van der Waals surface area contributed by atoms with Crippen LogP contribution in [0.2, 0.25) is 10.0 Å². The van der Waals surface area contributed by atoms with Crippen LogP contribution in [0.5, 0.6) is 0 Å². The molecule has 0 spiro atoms. The van der Waals surface area contributed by atoms with Crippen molar-refractivity contribution in [3.8, 4) is 0 Å². The van der Waals surface area contributed by atoms with E-state index in [-0.39, 0.29) is 17.3 Å². The Morgan fingerprint density at radius 3 is 2.08 bits per heavy atom. The molecule has 0 fully saturated rings. The first-order chi connectivity index (χ1) is 18.9. The summed E-state index contributed by atoms with van der Waals surface area (Å²) >= 11 is 12.9. The summed E-state index contributed by atoms with van der Waals surface area (Å²) in [7, 11) is -4.16. The Morgan fingerprint density at radius 2 is 1.50 bits per heavy atom. The number of nitrogens with zero attached hydrogens (tertiary/aromatic N) is 2. The molecule has 7 nitrogen and oxygen atoms in total. The van der Waals surface area contributed by atoms with E-state index in [1.807, 2.05) is 26.8 Å². The van der Waals surface area contributed by atoms with E-state index in [2.05, 4.69) is 5.32 Å². The average Bonchev–Trinajstić information content (AvgIpc) is 2.91. The Bertz CT molecular complexity index is 1460. The first-order valence-electron chi connectivity index (χ1n) is 13.1. The minimum absolute atomic E-state index is 0.0586. The molecule has 0 aliphatic heterocycles. The van der Waals surface area contributed by atoms with Crippen LogP contribution in [0.25, 0.3) is 0 Å². The van der Waals surface area contributed by atoms with Crippen molar-refractivity contribution in [2.45, 2.75) is 58.5 Å². The molecule has 214 valence electrons. The van der Waals surface area contributed by atoms with Crippen LogP contribution >= 0.6 is 23.2 Å². The number of carbonyl (C=O) groups excluding carboxylic acids is 2. The fourth-order valence-electron chi connectivity index (χ4n) is 4.42. The Hall–Kier alpha value is -3.07. The van der Waals surface area contributed by atoms with Gasteiger partial charge in [-0.2, -0.15) is 0 Å². The number of rotatable bonds is 11. The zero-order chi connectivity index (χ0) is 29.6. The van der Waals surface area contributed by atoms with Crippen molar-refractivity contribution in [3.63, 3.8) is 0 Å². The van der Waals surface area contributed by atoms with Crippen molar-refractivity contribution in [2.75, 3.05) is 17.4 Å². The van der Waals surface area contributed by atoms with Gasteiger partial charge in [0.05, 0.1) is 10.6 Å². The van der Waals surface area contributed by atoms with Gasteiger partial charge in [0.15, 0.2) is 0 Å². The largest absolute Gasteiger partial charge is 0.355 e. The van der Waals surface area contributed by atoms with E-state index in [0.717, 1.165) is 21.0 Å². The predicted octanol–water partition coefficient (Wildman–Crippen LogP) is 6.06. The van der Waals surface area contributed by atoms with Crippen LogP contribution < -0.4 is 9.62 Å². The molecule has 0 aliphatic carbocycles. The third-order valence-corrected chi connectivity index (χ3v) is 9.34. The molecule has 0 aliphatic rings. The molecule has 1 N–H and O–H groups in total. The maximum absolute atomic E-state index is 14.1. The first kappa shape index (κ1) is 31.5. The third kappa shape index (κ3) is 6.97. The predicted molar refractivity (Wildman–Crippen MR) is 161 cm³/mol. The number of anilines is 1. The highest BCUT2D eigenvalue weighted by molar-refractivity contribution is 7.92. The van der Waals surface area contributed by atoms with Gasteiger partial charge < -0.3 is 10.2 Å². The summed E-state index contributed by atoms with van der Waals surface area (Å²) in [6, 6.07) is 15.9. The van der Waals surface area contributed by atoms with E-state index in [4.69, 9.17) is 23.2 Å². The summed E-state index contributed by atoms with van der Waals surface area (Å²) < 4.78 is 29.2. The van der Waals surface area contributed by atoms with Gasteiger partial charge in [-0.15, -0.1) is 0 Å². The standard InChI is InChI=1S/C30H35Cl2N3O4S/c1-6-27(30(37)33-7-2)34(18-24-25(31)11-9-12-26(24)32)29(36)19-35(28-13-8-10-21(4)22(28)5)40(38,39)23-16-14-20(3)15-17-23/h8-17,27H,6-7,18-19H2,1-5H3,(H,33,37)/t27-/m0/s1. The molecule has 0 heterocycles. The Morgan fingerprint density at radius 1 is 0.900 bits per heavy atom. The van der Waals surface area contributed by atoms with E-state index in [9.17, 15) is 18.0 Å². The molecule has 2 amide bonds. The maximum atomic E-state index is 14.1.